The SMILES string of the molecule is CCc1cccc2nnsc12. The normalized spacial score (nSPS) is 10.6. The molecule has 0 unspecified atom stereocenters. The van der Waals surface area contributed by atoms with Crippen LogP contribution in [0.25, 0.3) is 10.2 Å². The quantitative estimate of drug-likeness (QED) is 0.646. The van der Waals surface area contributed by atoms with Crippen LogP contribution in [0.3, 0.4) is 0 Å². The molecule has 0 saturated carbocycles. The lowest BCUT2D eigenvalue weighted by atomic mass is 10.2. The van der Waals surface area contributed by atoms with E-state index in [2.05, 4.69) is 22.6 Å². The van der Waals surface area contributed by atoms with Crippen LogP contribution < -0.4 is 0 Å². The van der Waals surface area contributed by atoms with Crippen LogP contribution in [0.5, 0.6) is 0 Å². The highest BCUT2D eigenvalue weighted by atomic mass is 32.1. The summed E-state index contributed by atoms with van der Waals surface area (Å²) in [6, 6.07) is 6.16. The Kier molecular flexibility index (Phi) is 1.58. The fraction of sp³-hybridized carbons (Fsp3) is 0.250. The van der Waals surface area contributed by atoms with E-state index >= 15 is 0 Å². The summed E-state index contributed by atoms with van der Waals surface area (Å²) in [5, 5.41) is 4.00. The number of aryl methyl sites for hydroxylation is 1. The molecular formula is C8H8N2S. The first-order chi connectivity index (χ1) is 5.42. The number of aromatic nitrogens is 2. The van der Waals surface area contributed by atoms with Gasteiger partial charge in [0, 0.05) is 0 Å². The number of fused-ring (bicyclic) bond motifs is 1. The second-order valence-corrected chi connectivity index (χ2v) is 3.15. The molecule has 0 aliphatic carbocycles. The molecule has 0 amide bonds. The summed E-state index contributed by atoms with van der Waals surface area (Å²) in [5.41, 5.74) is 2.37. The first-order valence-electron chi connectivity index (χ1n) is 3.61. The number of hydrogen-bond acceptors (Lipinski definition) is 3. The molecule has 0 spiro atoms. The van der Waals surface area contributed by atoms with Crippen molar-refractivity contribution in [1.29, 1.82) is 0 Å². The molecule has 0 atom stereocenters. The van der Waals surface area contributed by atoms with E-state index in [-0.39, 0.29) is 0 Å². The van der Waals surface area contributed by atoms with Gasteiger partial charge in [-0.05, 0) is 29.6 Å². The molecule has 2 rings (SSSR count). The van der Waals surface area contributed by atoms with E-state index in [0.717, 1.165) is 11.9 Å². The molecule has 0 saturated heterocycles. The van der Waals surface area contributed by atoms with Gasteiger partial charge in [-0.3, -0.25) is 0 Å². The predicted octanol–water partition coefficient (Wildman–Crippen LogP) is 2.25. The molecule has 56 valence electrons. The summed E-state index contributed by atoms with van der Waals surface area (Å²) in [5.74, 6) is 0. The topological polar surface area (TPSA) is 25.8 Å². The van der Waals surface area contributed by atoms with E-state index in [1.807, 2.05) is 12.1 Å². The van der Waals surface area contributed by atoms with Crippen LogP contribution >= 0.6 is 11.5 Å². The smallest absolute Gasteiger partial charge is 0.106 e. The molecule has 0 fully saturated rings. The van der Waals surface area contributed by atoms with E-state index in [1.165, 1.54) is 21.8 Å². The Balaban J connectivity index is 2.79. The van der Waals surface area contributed by atoms with Crippen molar-refractivity contribution in [2.75, 3.05) is 0 Å². The van der Waals surface area contributed by atoms with Crippen LogP contribution in [-0.4, -0.2) is 9.59 Å². The molecule has 0 radical (unpaired) electrons. The van der Waals surface area contributed by atoms with E-state index < -0.39 is 0 Å². The van der Waals surface area contributed by atoms with Crippen molar-refractivity contribution in [3.8, 4) is 0 Å². The van der Waals surface area contributed by atoms with Crippen molar-refractivity contribution in [3.63, 3.8) is 0 Å². The molecule has 2 nitrogen and oxygen atoms in total. The van der Waals surface area contributed by atoms with Crippen LogP contribution in [0.2, 0.25) is 0 Å². The van der Waals surface area contributed by atoms with Gasteiger partial charge in [0.1, 0.15) is 5.52 Å². The average Bonchev–Trinajstić information content (AvgIpc) is 2.50. The summed E-state index contributed by atoms with van der Waals surface area (Å²) in [6.45, 7) is 2.15. The molecule has 0 bridgehead atoms. The van der Waals surface area contributed by atoms with Crippen LogP contribution in [0, 0.1) is 0 Å². The zero-order valence-electron chi connectivity index (χ0n) is 6.24. The minimum Gasteiger partial charge on any atom is -0.138 e. The summed E-state index contributed by atoms with van der Waals surface area (Å²) < 4.78 is 5.13. The van der Waals surface area contributed by atoms with E-state index in [1.54, 1.807) is 0 Å². The Bertz CT molecular complexity index is 367. The fourth-order valence-corrected chi connectivity index (χ4v) is 1.88. The monoisotopic (exact) mass is 164 g/mol. The first kappa shape index (κ1) is 6.73. The minimum atomic E-state index is 1.02. The van der Waals surface area contributed by atoms with Gasteiger partial charge in [-0.1, -0.05) is 23.5 Å². The molecule has 2 aromatic rings. The fourth-order valence-electron chi connectivity index (χ4n) is 1.14. The highest BCUT2D eigenvalue weighted by Gasteiger charge is 2.00. The minimum absolute atomic E-state index is 1.02. The lowest BCUT2D eigenvalue weighted by molar-refractivity contribution is 1.16. The average molecular weight is 164 g/mol. The van der Waals surface area contributed by atoms with Gasteiger partial charge in [-0.15, -0.1) is 5.10 Å². The van der Waals surface area contributed by atoms with Gasteiger partial charge in [0.15, 0.2) is 0 Å². The molecule has 1 aromatic carbocycles. The summed E-state index contributed by atoms with van der Waals surface area (Å²) in [6.07, 6.45) is 1.06. The van der Waals surface area contributed by atoms with Crippen LogP contribution in [-0.2, 0) is 6.42 Å². The predicted molar refractivity (Wildman–Crippen MR) is 46.8 cm³/mol. The third-order valence-corrected chi connectivity index (χ3v) is 2.55. The maximum Gasteiger partial charge on any atom is 0.106 e. The largest absolute Gasteiger partial charge is 0.138 e. The highest BCUT2D eigenvalue weighted by molar-refractivity contribution is 7.13. The van der Waals surface area contributed by atoms with Gasteiger partial charge in [-0.25, -0.2) is 0 Å². The summed E-state index contributed by atoms with van der Waals surface area (Å²) in [4.78, 5) is 0. The maximum absolute atomic E-state index is 4.00. The Morgan fingerprint density at radius 3 is 3.18 bits per heavy atom. The van der Waals surface area contributed by atoms with Gasteiger partial charge >= 0.3 is 0 Å². The number of benzene rings is 1. The van der Waals surface area contributed by atoms with E-state index in [9.17, 15) is 0 Å². The summed E-state index contributed by atoms with van der Waals surface area (Å²) in [7, 11) is 0. The lowest BCUT2D eigenvalue weighted by Crippen LogP contribution is -1.78. The number of nitrogens with zero attached hydrogens (tertiary/aromatic N) is 2. The second-order valence-electron chi connectivity index (χ2n) is 2.39. The van der Waals surface area contributed by atoms with Crippen molar-refractivity contribution >= 4 is 21.7 Å². The van der Waals surface area contributed by atoms with Crippen LogP contribution in [0.4, 0.5) is 0 Å². The van der Waals surface area contributed by atoms with E-state index in [4.69, 9.17) is 0 Å². The molecule has 1 aromatic heterocycles. The molecule has 3 heteroatoms. The van der Waals surface area contributed by atoms with Crippen molar-refractivity contribution in [1.82, 2.24) is 9.59 Å². The van der Waals surface area contributed by atoms with Gasteiger partial charge in [0.25, 0.3) is 0 Å². The molecule has 1 heterocycles. The van der Waals surface area contributed by atoms with Gasteiger partial charge < -0.3 is 0 Å². The Morgan fingerprint density at radius 2 is 2.36 bits per heavy atom. The molecule has 0 N–H and O–H groups in total. The lowest BCUT2D eigenvalue weighted by Gasteiger charge is -1.93. The van der Waals surface area contributed by atoms with Crippen molar-refractivity contribution in [3.05, 3.63) is 23.8 Å². The Labute approximate surface area is 69.0 Å². The van der Waals surface area contributed by atoms with Crippen LogP contribution in [0.1, 0.15) is 12.5 Å². The van der Waals surface area contributed by atoms with Gasteiger partial charge in [-0.2, -0.15) is 0 Å². The van der Waals surface area contributed by atoms with Gasteiger partial charge in [0.05, 0.1) is 4.70 Å². The van der Waals surface area contributed by atoms with Crippen molar-refractivity contribution in [2.24, 2.45) is 0 Å². The zero-order valence-corrected chi connectivity index (χ0v) is 7.06. The molecule has 11 heavy (non-hydrogen) atoms. The zero-order chi connectivity index (χ0) is 7.68. The van der Waals surface area contributed by atoms with E-state index in [0.29, 0.717) is 0 Å². The second kappa shape index (κ2) is 2.58. The highest BCUT2D eigenvalue weighted by Crippen LogP contribution is 2.19. The first-order valence-corrected chi connectivity index (χ1v) is 4.39. The third kappa shape index (κ3) is 1.01. The van der Waals surface area contributed by atoms with Gasteiger partial charge in [0.2, 0.25) is 0 Å². The molecule has 0 aliphatic rings. The Morgan fingerprint density at radius 1 is 1.45 bits per heavy atom. The third-order valence-electron chi connectivity index (χ3n) is 1.74. The summed E-state index contributed by atoms with van der Waals surface area (Å²) >= 11 is 1.48. The van der Waals surface area contributed by atoms with Crippen molar-refractivity contribution < 1.29 is 0 Å². The maximum atomic E-state index is 4.00. The van der Waals surface area contributed by atoms with Crippen LogP contribution in [0.15, 0.2) is 18.2 Å². The molecular weight excluding hydrogens is 156 g/mol. The molecule has 0 aliphatic heterocycles. The Hall–Kier alpha value is -0.960. The number of hydrogen-bond donors (Lipinski definition) is 0. The standard InChI is InChI=1S/C8H8N2S/c1-2-6-4-3-5-7-8(6)11-10-9-7/h3-5H,2H2,1H3. The van der Waals surface area contributed by atoms with Crippen molar-refractivity contribution in [2.45, 2.75) is 13.3 Å². The number of rotatable bonds is 1.